The SMILES string of the molecule is COc1cccc(CN2CCCN(c3ccc(NC(=O)c4ccc([N+](=O)[O-])cc4)cc3)C2=O)c1. The first kappa shape index (κ1) is 22.8. The van der Waals surface area contributed by atoms with Gasteiger partial charge in [-0.05, 0) is 60.5 Å². The van der Waals surface area contributed by atoms with Crippen LogP contribution >= 0.6 is 0 Å². The van der Waals surface area contributed by atoms with Crippen LogP contribution in [-0.2, 0) is 6.54 Å². The highest BCUT2D eigenvalue weighted by molar-refractivity contribution is 6.04. The number of non-ortho nitro benzene ring substituents is 1. The third kappa shape index (κ3) is 5.15. The molecule has 0 bridgehead atoms. The summed E-state index contributed by atoms with van der Waals surface area (Å²) in [6, 6.07) is 20.0. The Balaban J connectivity index is 1.40. The molecule has 1 aliphatic rings. The summed E-state index contributed by atoms with van der Waals surface area (Å²) in [4.78, 5) is 39.3. The zero-order chi connectivity index (χ0) is 24.1. The maximum Gasteiger partial charge on any atom is 0.324 e. The van der Waals surface area contributed by atoms with Crippen LogP contribution in [0.3, 0.4) is 0 Å². The van der Waals surface area contributed by atoms with Gasteiger partial charge in [-0.25, -0.2) is 4.79 Å². The van der Waals surface area contributed by atoms with Crippen molar-refractivity contribution in [1.82, 2.24) is 4.90 Å². The van der Waals surface area contributed by atoms with Crippen LogP contribution in [0.2, 0.25) is 0 Å². The maximum absolute atomic E-state index is 13.1. The number of urea groups is 1. The normalized spacial score (nSPS) is 13.5. The van der Waals surface area contributed by atoms with Gasteiger partial charge in [0.2, 0.25) is 0 Å². The van der Waals surface area contributed by atoms with Gasteiger partial charge in [-0.15, -0.1) is 0 Å². The largest absolute Gasteiger partial charge is 0.497 e. The summed E-state index contributed by atoms with van der Waals surface area (Å²) in [6.07, 6.45) is 0.842. The van der Waals surface area contributed by atoms with Crippen molar-refractivity contribution < 1.29 is 19.2 Å². The molecule has 0 unspecified atom stereocenters. The molecule has 0 atom stereocenters. The van der Waals surface area contributed by atoms with Gasteiger partial charge in [0.25, 0.3) is 11.6 Å². The number of nitrogens with zero attached hydrogens (tertiary/aromatic N) is 3. The number of rotatable bonds is 7. The third-order valence-corrected chi connectivity index (χ3v) is 5.60. The Morgan fingerprint density at radius 1 is 1.06 bits per heavy atom. The number of nitrogens with one attached hydrogen (secondary N) is 1. The molecule has 174 valence electrons. The monoisotopic (exact) mass is 460 g/mol. The fraction of sp³-hybridized carbons (Fsp3) is 0.200. The van der Waals surface area contributed by atoms with Crippen LogP contribution in [0, 0.1) is 10.1 Å². The van der Waals surface area contributed by atoms with Crippen molar-refractivity contribution in [2.75, 3.05) is 30.4 Å². The van der Waals surface area contributed by atoms with E-state index < -0.39 is 4.92 Å². The molecule has 4 rings (SSSR count). The zero-order valence-electron chi connectivity index (χ0n) is 18.6. The first-order valence-corrected chi connectivity index (χ1v) is 10.8. The molecule has 0 aromatic heterocycles. The van der Waals surface area contributed by atoms with Crippen LogP contribution in [0.1, 0.15) is 22.3 Å². The average Bonchev–Trinajstić information content (AvgIpc) is 2.86. The number of carbonyl (C=O) groups excluding carboxylic acids is 2. The van der Waals surface area contributed by atoms with E-state index in [4.69, 9.17) is 4.74 Å². The second kappa shape index (κ2) is 10.0. The van der Waals surface area contributed by atoms with Crippen LogP contribution in [0.25, 0.3) is 0 Å². The van der Waals surface area contributed by atoms with Crippen LogP contribution in [-0.4, -0.2) is 42.0 Å². The number of nitro benzene ring substituents is 1. The van der Waals surface area contributed by atoms with Crippen molar-refractivity contribution in [3.63, 3.8) is 0 Å². The summed E-state index contributed by atoms with van der Waals surface area (Å²) in [7, 11) is 1.62. The van der Waals surface area contributed by atoms with Gasteiger partial charge in [0.15, 0.2) is 0 Å². The van der Waals surface area contributed by atoms with Crippen molar-refractivity contribution >= 4 is 29.0 Å². The molecule has 1 fully saturated rings. The van der Waals surface area contributed by atoms with Crippen molar-refractivity contribution in [1.29, 1.82) is 0 Å². The lowest BCUT2D eigenvalue weighted by atomic mass is 10.1. The Hall–Kier alpha value is -4.40. The highest BCUT2D eigenvalue weighted by atomic mass is 16.6. The quantitative estimate of drug-likeness (QED) is 0.407. The van der Waals surface area contributed by atoms with E-state index in [0.29, 0.717) is 30.9 Å². The van der Waals surface area contributed by atoms with E-state index in [-0.39, 0.29) is 17.6 Å². The number of amides is 3. The van der Waals surface area contributed by atoms with Crippen LogP contribution in [0.4, 0.5) is 21.9 Å². The maximum atomic E-state index is 13.1. The Morgan fingerprint density at radius 3 is 2.47 bits per heavy atom. The first-order valence-electron chi connectivity index (χ1n) is 10.8. The lowest BCUT2D eigenvalue weighted by Gasteiger charge is -2.35. The Labute approximate surface area is 196 Å². The number of carbonyl (C=O) groups is 2. The summed E-state index contributed by atoms with van der Waals surface area (Å²) in [5, 5.41) is 13.5. The molecule has 34 heavy (non-hydrogen) atoms. The van der Waals surface area contributed by atoms with E-state index in [1.807, 2.05) is 29.2 Å². The number of hydrogen-bond donors (Lipinski definition) is 1. The predicted octanol–water partition coefficient (Wildman–Crippen LogP) is 4.69. The van der Waals surface area contributed by atoms with Gasteiger partial charge in [0.05, 0.1) is 12.0 Å². The molecular formula is C25H24N4O5. The van der Waals surface area contributed by atoms with Gasteiger partial charge in [-0.2, -0.15) is 0 Å². The first-order chi connectivity index (χ1) is 16.4. The fourth-order valence-corrected chi connectivity index (χ4v) is 3.82. The highest BCUT2D eigenvalue weighted by Gasteiger charge is 2.27. The minimum atomic E-state index is -0.514. The number of ether oxygens (including phenoxy) is 1. The molecule has 0 saturated carbocycles. The van der Waals surface area contributed by atoms with E-state index in [9.17, 15) is 19.7 Å². The third-order valence-electron chi connectivity index (χ3n) is 5.60. The Bertz CT molecular complexity index is 1190. The van der Waals surface area contributed by atoms with Crippen LogP contribution in [0.5, 0.6) is 5.75 Å². The second-order valence-electron chi connectivity index (χ2n) is 7.87. The van der Waals surface area contributed by atoms with Crippen molar-refractivity contribution in [2.24, 2.45) is 0 Å². The summed E-state index contributed by atoms with van der Waals surface area (Å²) in [6.45, 7) is 1.79. The number of nitro groups is 1. The molecule has 9 nitrogen and oxygen atoms in total. The minimum Gasteiger partial charge on any atom is -0.497 e. The van der Waals surface area contributed by atoms with E-state index in [1.54, 1.807) is 36.3 Å². The standard InChI is InChI=1S/C25H24N4O5/c1-34-23-5-2-4-18(16-23)17-27-14-3-15-28(25(27)31)21-12-8-20(9-13-21)26-24(30)19-6-10-22(11-7-19)29(32)33/h2,4-13,16H,3,14-15,17H2,1H3,(H,26,30). The summed E-state index contributed by atoms with van der Waals surface area (Å²) >= 11 is 0. The van der Waals surface area contributed by atoms with Gasteiger partial charge in [-0.3, -0.25) is 19.8 Å². The minimum absolute atomic E-state index is 0.0725. The topological polar surface area (TPSA) is 105 Å². The van der Waals surface area contributed by atoms with Gasteiger partial charge < -0.3 is 15.0 Å². The molecule has 1 saturated heterocycles. The smallest absolute Gasteiger partial charge is 0.324 e. The van der Waals surface area contributed by atoms with Gasteiger partial charge >= 0.3 is 6.03 Å². The van der Waals surface area contributed by atoms with E-state index >= 15 is 0 Å². The number of hydrogen-bond acceptors (Lipinski definition) is 5. The van der Waals surface area contributed by atoms with Crippen molar-refractivity contribution in [3.05, 3.63) is 94.0 Å². The molecule has 3 amide bonds. The molecule has 3 aromatic carbocycles. The van der Waals surface area contributed by atoms with Crippen molar-refractivity contribution in [2.45, 2.75) is 13.0 Å². The lowest BCUT2D eigenvalue weighted by molar-refractivity contribution is -0.384. The van der Waals surface area contributed by atoms with Gasteiger partial charge in [-0.1, -0.05) is 12.1 Å². The number of benzene rings is 3. The second-order valence-corrected chi connectivity index (χ2v) is 7.87. The molecule has 9 heteroatoms. The molecule has 0 radical (unpaired) electrons. The molecular weight excluding hydrogens is 436 g/mol. The van der Waals surface area contributed by atoms with Crippen LogP contribution < -0.4 is 15.0 Å². The summed E-state index contributed by atoms with van der Waals surface area (Å²) in [5.74, 6) is 0.381. The Morgan fingerprint density at radius 2 is 1.79 bits per heavy atom. The zero-order valence-corrected chi connectivity index (χ0v) is 18.6. The number of anilines is 2. The predicted molar refractivity (Wildman–Crippen MR) is 128 cm³/mol. The number of methoxy groups -OCH3 is 1. The van der Waals surface area contributed by atoms with E-state index in [2.05, 4.69) is 5.32 Å². The summed E-state index contributed by atoms with van der Waals surface area (Å²) < 4.78 is 5.27. The van der Waals surface area contributed by atoms with Crippen LogP contribution in [0.15, 0.2) is 72.8 Å². The molecule has 1 aliphatic heterocycles. The van der Waals surface area contributed by atoms with E-state index in [1.165, 1.54) is 24.3 Å². The molecule has 0 spiro atoms. The molecule has 1 heterocycles. The highest BCUT2D eigenvalue weighted by Crippen LogP contribution is 2.24. The molecule has 1 N–H and O–H groups in total. The molecule has 0 aliphatic carbocycles. The van der Waals surface area contributed by atoms with E-state index in [0.717, 1.165) is 23.4 Å². The van der Waals surface area contributed by atoms with Gasteiger partial charge in [0, 0.05) is 48.7 Å². The Kier molecular flexibility index (Phi) is 6.72. The molecule has 3 aromatic rings. The average molecular weight is 460 g/mol. The fourth-order valence-electron chi connectivity index (χ4n) is 3.82. The lowest BCUT2D eigenvalue weighted by Crippen LogP contribution is -2.49. The van der Waals surface area contributed by atoms with Gasteiger partial charge in [0.1, 0.15) is 5.75 Å². The summed E-state index contributed by atoms with van der Waals surface area (Å²) in [5.41, 5.74) is 2.54. The van der Waals surface area contributed by atoms with Crippen molar-refractivity contribution in [3.8, 4) is 5.75 Å².